The molecule has 2 N–H and O–H groups in total. The summed E-state index contributed by atoms with van der Waals surface area (Å²) in [6.07, 6.45) is 5.04. The average Bonchev–Trinajstić information content (AvgIpc) is 2.85. The number of hydrogen-bond donors (Lipinski definition) is 2. The smallest absolute Gasteiger partial charge is 0.255 e. The van der Waals surface area contributed by atoms with Crippen LogP contribution in [0.2, 0.25) is 0 Å². The predicted molar refractivity (Wildman–Crippen MR) is 100 cm³/mol. The number of amides is 2. The number of aliphatic hydroxyl groups excluding tert-OH is 1. The highest BCUT2D eigenvalue weighted by atomic mass is 16.5. The zero-order valence-corrected chi connectivity index (χ0v) is 15.7. The van der Waals surface area contributed by atoms with Gasteiger partial charge in [-0.2, -0.15) is 0 Å². The molecule has 1 atom stereocenters. The number of piperidine rings is 1. The summed E-state index contributed by atoms with van der Waals surface area (Å²) in [5.74, 6) is 1.00. The van der Waals surface area contributed by atoms with E-state index in [4.69, 9.17) is 4.74 Å². The molecule has 3 aliphatic rings. The molecule has 1 aliphatic carbocycles. The third-order valence-electron chi connectivity index (χ3n) is 6.36. The van der Waals surface area contributed by atoms with Gasteiger partial charge in [-0.1, -0.05) is 12.1 Å². The first kappa shape index (κ1) is 18.3. The van der Waals surface area contributed by atoms with Crippen molar-refractivity contribution in [3.8, 4) is 5.75 Å². The van der Waals surface area contributed by atoms with Crippen LogP contribution in [-0.4, -0.2) is 53.7 Å². The van der Waals surface area contributed by atoms with Crippen LogP contribution in [0.25, 0.3) is 0 Å². The van der Waals surface area contributed by atoms with E-state index in [1.807, 2.05) is 23.1 Å². The Kier molecular flexibility index (Phi) is 5.08. The summed E-state index contributed by atoms with van der Waals surface area (Å²) >= 11 is 0. The van der Waals surface area contributed by atoms with Crippen molar-refractivity contribution < 1.29 is 19.4 Å². The molecule has 2 heterocycles. The fourth-order valence-electron chi connectivity index (χ4n) is 4.69. The Labute approximate surface area is 159 Å². The second-order valence-corrected chi connectivity index (χ2v) is 8.21. The highest BCUT2D eigenvalue weighted by Crippen LogP contribution is 2.39. The predicted octanol–water partition coefficient (Wildman–Crippen LogP) is 1.97. The van der Waals surface area contributed by atoms with Gasteiger partial charge in [0, 0.05) is 25.6 Å². The largest absolute Gasteiger partial charge is 0.485 e. The van der Waals surface area contributed by atoms with Crippen LogP contribution in [0.1, 0.15) is 48.9 Å². The van der Waals surface area contributed by atoms with Crippen molar-refractivity contribution in [3.05, 3.63) is 29.8 Å². The average molecular weight is 372 g/mol. The van der Waals surface area contributed by atoms with E-state index < -0.39 is 5.60 Å². The van der Waals surface area contributed by atoms with Crippen LogP contribution in [0, 0.1) is 11.8 Å². The number of carbonyl (C=O) groups is 2. The monoisotopic (exact) mass is 372 g/mol. The van der Waals surface area contributed by atoms with Gasteiger partial charge in [-0.15, -0.1) is 0 Å². The molecule has 146 valence electrons. The molecule has 27 heavy (non-hydrogen) atoms. The first-order valence-electron chi connectivity index (χ1n) is 10.1. The van der Waals surface area contributed by atoms with E-state index in [1.165, 1.54) is 0 Å². The normalized spacial score (nSPS) is 30.9. The Bertz CT molecular complexity index is 712. The zero-order chi connectivity index (χ0) is 18.9. The van der Waals surface area contributed by atoms with Gasteiger partial charge in [0.15, 0.2) is 0 Å². The number of nitrogens with one attached hydrogen (secondary N) is 1. The fraction of sp³-hybridized carbons (Fsp3) is 0.619. The summed E-state index contributed by atoms with van der Waals surface area (Å²) in [5, 5.41) is 12.4. The van der Waals surface area contributed by atoms with E-state index in [2.05, 4.69) is 5.32 Å². The standard InChI is InChI=1S/C21H28N2O4/c24-13-15-4-3-11-23(12-15)20(26)16-7-9-21(10-8-16)14-22-19(25)17-5-1-2-6-18(17)27-21/h1-2,5-6,15-16,24H,3-4,7-14H2,(H,22,25). The molecule has 4 rings (SSSR count). The lowest BCUT2D eigenvalue weighted by Crippen LogP contribution is -2.50. The minimum absolute atomic E-state index is 0.0193. The van der Waals surface area contributed by atoms with E-state index in [9.17, 15) is 14.7 Å². The van der Waals surface area contributed by atoms with Crippen molar-refractivity contribution in [1.82, 2.24) is 10.2 Å². The van der Waals surface area contributed by atoms with Gasteiger partial charge in [0.25, 0.3) is 5.91 Å². The topological polar surface area (TPSA) is 78.9 Å². The lowest BCUT2D eigenvalue weighted by Gasteiger charge is -2.41. The van der Waals surface area contributed by atoms with Gasteiger partial charge in [0.05, 0.1) is 12.1 Å². The highest BCUT2D eigenvalue weighted by molar-refractivity contribution is 5.97. The number of rotatable bonds is 2. The maximum Gasteiger partial charge on any atom is 0.255 e. The number of carbonyl (C=O) groups excluding carboxylic acids is 2. The van der Waals surface area contributed by atoms with Crippen molar-refractivity contribution in [2.75, 3.05) is 26.2 Å². The fourth-order valence-corrected chi connectivity index (χ4v) is 4.69. The minimum atomic E-state index is -0.422. The first-order chi connectivity index (χ1) is 13.1. The molecule has 1 unspecified atom stereocenters. The van der Waals surface area contributed by atoms with E-state index >= 15 is 0 Å². The van der Waals surface area contributed by atoms with Crippen molar-refractivity contribution in [2.24, 2.45) is 11.8 Å². The summed E-state index contributed by atoms with van der Waals surface area (Å²) in [5.41, 5.74) is 0.158. The van der Waals surface area contributed by atoms with Crippen LogP contribution in [0.5, 0.6) is 5.75 Å². The number of benzene rings is 1. The van der Waals surface area contributed by atoms with Gasteiger partial charge in [-0.05, 0) is 56.6 Å². The lowest BCUT2D eigenvalue weighted by atomic mass is 9.77. The van der Waals surface area contributed by atoms with Crippen LogP contribution in [-0.2, 0) is 4.79 Å². The van der Waals surface area contributed by atoms with Gasteiger partial charge < -0.3 is 20.1 Å². The third kappa shape index (κ3) is 3.68. The van der Waals surface area contributed by atoms with E-state index in [1.54, 1.807) is 6.07 Å². The molecule has 6 nitrogen and oxygen atoms in total. The Morgan fingerprint density at radius 2 is 2.04 bits per heavy atom. The molecule has 0 bridgehead atoms. The molecule has 6 heteroatoms. The second kappa shape index (κ2) is 7.50. The Hall–Kier alpha value is -2.08. The summed E-state index contributed by atoms with van der Waals surface area (Å²) in [6, 6.07) is 7.36. The Balaban J connectivity index is 1.41. The van der Waals surface area contributed by atoms with E-state index in [0.29, 0.717) is 24.4 Å². The summed E-state index contributed by atoms with van der Waals surface area (Å²) in [7, 11) is 0. The van der Waals surface area contributed by atoms with Crippen molar-refractivity contribution in [1.29, 1.82) is 0 Å². The van der Waals surface area contributed by atoms with E-state index in [0.717, 1.165) is 45.1 Å². The molecule has 1 aromatic rings. The van der Waals surface area contributed by atoms with Crippen LogP contribution < -0.4 is 10.1 Å². The quantitative estimate of drug-likeness (QED) is 0.832. The maximum atomic E-state index is 12.9. The molecule has 1 saturated heterocycles. The number of likely N-dealkylation sites (tertiary alicyclic amines) is 1. The molecule has 0 radical (unpaired) electrons. The Morgan fingerprint density at radius 3 is 2.81 bits per heavy atom. The number of hydrogen-bond acceptors (Lipinski definition) is 4. The molecular weight excluding hydrogens is 344 g/mol. The number of fused-ring (bicyclic) bond motifs is 1. The van der Waals surface area contributed by atoms with Crippen LogP contribution in [0.3, 0.4) is 0 Å². The molecule has 1 spiro atoms. The van der Waals surface area contributed by atoms with Crippen molar-refractivity contribution in [2.45, 2.75) is 44.1 Å². The number of nitrogens with zero attached hydrogens (tertiary/aromatic N) is 1. The molecular formula is C21H28N2O4. The van der Waals surface area contributed by atoms with E-state index in [-0.39, 0.29) is 30.3 Å². The molecule has 2 fully saturated rings. The highest BCUT2D eigenvalue weighted by Gasteiger charge is 2.42. The summed E-state index contributed by atoms with van der Waals surface area (Å²) < 4.78 is 6.32. The molecule has 1 aromatic carbocycles. The third-order valence-corrected chi connectivity index (χ3v) is 6.36. The minimum Gasteiger partial charge on any atom is -0.485 e. The number of ether oxygens (including phenoxy) is 1. The summed E-state index contributed by atoms with van der Waals surface area (Å²) in [4.78, 5) is 27.2. The van der Waals surface area contributed by atoms with Gasteiger partial charge in [0.1, 0.15) is 11.4 Å². The van der Waals surface area contributed by atoms with Gasteiger partial charge in [-0.3, -0.25) is 9.59 Å². The van der Waals surface area contributed by atoms with Crippen LogP contribution in [0.4, 0.5) is 0 Å². The van der Waals surface area contributed by atoms with Crippen LogP contribution >= 0.6 is 0 Å². The van der Waals surface area contributed by atoms with Crippen LogP contribution in [0.15, 0.2) is 24.3 Å². The zero-order valence-electron chi connectivity index (χ0n) is 15.7. The molecule has 0 aromatic heterocycles. The Morgan fingerprint density at radius 1 is 1.26 bits per heavy atom. The molecule has 2 amide bonds. The van der Waals surface area contributed by atoms with Crippen molar-refractivity contribution >= 4 is 11.8 Å². The van der Waals surface area contributed by atoms with Gasteiger partial charge in [-0.25, -0.2) is 0 Å². The number of aliphatic hydroxyl groups is 1. The summed E-state index contributed by atoms with van der Waals surface area (Å²) in [6.45, 7) is 2.12. The van der Waals surface area contributed by atoms with Crippen molar-refractivity contribution in [3.63, 3.8) is 0 Å². The first-order valence-corrected chi connectivity index (χ1v) is 10.1. The molecule has 2 aliphatic heterocycles. The van der Waals surface area contributed by atoms with Gasteiger partial charge in [0.2, 0.25) is 5.91 Å². The second-order valence-electron chi connectivity index (χ2n) is 8.21. The lowest BCUT2D eigenvalue weighted by molar-refractivity contribution is -0.140. The molecule has 1 saturated carbocycles. The maximum absolute atomic E-state index is 12.9. The SMILES string of the molecule is O=C1NCC2(CCC(C(=O)N3CCCC(CO)C3)CC2)Oc2ccccc21. The number of para-hydroxylation sites is 1. The van der Waals surface area contributed by atoms with Gasteiger partial charge >= 0.3 is 0 Å².